The molecule has 7 heteroatoms. The van der Waals surface area contributed by atoms with Crippen LogP contribution in [0.2, 0.25) is 0 Å². The molecular formula is C20H23NO4S2. The fourth-order valence-electron chi connectivity index (χ4n) is 2.83. The van der Waals surface area contributed by atoms with Crippen LogP contribution in [0.3, 0.4) is 0 Å². The van der Waals surface area contributed by atoms with Gasteiger partial charge >= 0.3 is 0 Å². The van der Waals surface area contributed by atoms with Crippen LogP contribution in [-0.4, -0.2) is 34.2 Å². The van der Waals surface area contributed by atoms with Crippen molar-refractivity contribution in [2.45, 2.75) is 36.6 Å². The molecule has 0 aromatic heterocycles. The van der Waals surface area contributed by atoms with Crippen molar-refractivity contribution in [3.8, 4) is 0 Å². The highest BCUT2D eigenvalue weighted by molar-refractivity contribution is 8.01. The highest BCUT2D eigenvalue weighted by Crippen LogP contribution is 2.26. The molecule has 1 aliphatic heterocycles. The lowest BCUT2D eigenvalue weighted by Gasteiger charge is -2.31. The summed E-state index contributed by atoms with van der Waals surface area (Å²) in [7, 11) is -5.61. The first-order valence-corrected chi connectivity index (χ1v) is 11.3. The Labute approximate surface area is 163 Å². The largest absolute Gasteiger partial charge is 0.375 e. The van der Waals surface area contributed by atoms with E-state index in [0.29, 0.717) is 6.61 Å². The van der Waals surface area contributed by atoms with Gasteiger partial charge < -0.3 is 4.74 Å². The molecule has 3 atom stereocenters. The van der Waals surface area contributed by atoms with Crippen LogP contribution in [0.1, 0.15) is 18.1 Å². The van der Waals surface area contributed by atoms with Gasteiger partial charge in [0.05, 0.1) is 29.4 Å². The van der Waals surface area contributed by atoms with Crippen LogP contribution in [0.5, 0.6) is 0 Å². The molecule has 27 heavy (non-hydrogen) atoms. The third kappa shape index (κ3) is 4.55. The monoisotopic (exact) mass is 405 g/mol. The van der Waals surface area contributed by atoms with Crippen LogP contribution in [0, 0.1) is 6.92 Å². The molecule has 5 nitrogen and oxygen atoms in total. The fraction of sp³-hybridized carbons (Fsp3) is 0.300. The Morgan fingerprint density at radius 1 is 1.04 bits per heavy atom. The molecule has 144 valence electrons. The first-order valence-electron chi connectivity index (χ1n) is 8.71. The van der Waals surface area contributed by atoms with E-state index in [0.717, 1.165) is 14.8 Å². The number of benzene rings is 2. The minimum atomic E-state index is -3.86. The second kappa shape index (κ2) is 8.48. The molecule has 0 spiro atoms. The average Bonchev–Trinajstić information content (AvgIpc) is 2.65. The van der Waals surface area contributed by atoms with Crippen molar-refractivity contribution in [2.24, 2.45) is 0 Å². The molecule has 0 unspecified atom stereocenters. The van der Waals surface area contributed by atoms with Crippen molar-refractivity contribution < 1.29 is 17.4 Å². The number of ether oxygens (including phenoxy) is 1. The zero-order chi connectivity index (χ0) is 19.4. The Kier molecular flexibility index (Phi) is 6.26. The van der Waals surface area contributed by atoms with Crippen LogP contribution >= 0.6 is 0 Å². The van der Waals surface area contributed by atoms with E-state index in [2.05, 4.69) is 0 Å². The average molecular weight is 406 g/mol. The molecule has 0 aliphatic carbocycles. The summed E-state index contributed by atoms with van der Waals surface area (Å²) < 4.78 is 45.8. The van der Waals surface area contributed by atoms with Crippen molar-refractivity contribution in [1.82, 2.24) is 3.71 Å². The zero-order valence-corrected chi connectivity index (χ0v) is 16.9. The van der Waals surface area contributed by atoms with Crippen molar-refractivity contribution in [3.63, 3.8) is 0 Å². The lowest BCUT2D eigenvalue weighted by Crippen LogP contribution is -2.46. The molecule has 2 aromatic carbocycles. The molecule has 3 rings (SSSR count). The van der Waals surface area contributed by atoms with Gasteiger partial charge in [0, 0.05) is 0 Å². The summed E-state index contributed by atoms with van der Waals surface area (Å²) in [6, 6.07) is 15.8. The van der Waals surface area contributed by atoms with E-state index in [1.165, 1.54) is 0 Å². The predicted molar refractivity (Wildman–Crippen MR) is 107 cm³/mol. The van der Waals surface area contributed by atoms with Gasteiger partial charge in [-0.3, -0.25) is 0 Å². The molecule has 0 saturated heterocycles. The summed E-state index contributed by atoms with van der Waals surface area (Å²) in [4.78, 5) is 0.146. The van der Waals surface area contributed by atoms with Crippen LogP contribution in [0.15, 0.2) is 71.6 Å². The Morgan fingerprint density at radius 3 is 2.37 bits per heavy atom. The maximum absolute atomic E-state index is 13.0. The Morgan fingerprint density at radius 2 is 1.70 bits per heavy atom. The topological polar surface area (TPSA) is 63.7 Å². The first kappa shape index (κ1) is 19.9. The van der Waals surface area contributed by atoms with E-state index in [1.807, 2.05) is 37.3 Å². The maximum atomic E-state index is 13.0. The summed E-state index contributed by atoms with van der Waals surface area (Å²) in [5.41, 5.74) is 1.98. The maximum Gasteiger partial charge on any atom is 0.254 e. The first-order chi connectivity index (χ1) is 12.9. The lowest BCUT2D eigenvalue weighted by atomic mass is 10.2. The normalized spacial score (nSPS) is 23.4. The number of hydrogen-bond acceptors (Lipinski definition) is 4. The molecule has 1 aliphatic rings. The fourth-order valence-corrected chi connectivity index (χ4v) is 6.49. The van der Waals surface area contributed by atoms with Gasteiger partial charge in [0.2, 0.25) is 0 Å². The smallest absolute Gasteiger partial charge is 0.254 e. The van der Waals surface area contributed by atoms with Crippen LogP contribution < -0.4 is 0 Å². The Balaban J connectivity index is 1.74. The molecule has 0 saturated carbocycles. The minimum Gasteiger partial charge on any atom is -0.375 e. The third-order valence-corrected chi connectivity index (χ3v) is 8.52. The molecular weight excluding hydrogens is 382 g/mol. The molecule has 0 N–H and O–H groups in total. The number of sulfonamides is 1. The van der Waals surface area contributed by atoms with Gasteiger partial charge in [-0.25, -0.2) is 12.6 Å². The van der Waals surface area contributed by atoms with Gasteiger partial charge in [0.1, 0.15) is 11.0 Å². The van der Waals surface area contributed by atoms with Crippen molar-refractivity contribution in [2.75, 3.05) is 6.61 Å². The molecule has 0 amide bonds. The quantitative estimate of drug-likeness (QED) is 0.693. The van der Waals surface area contributed by atoms with Gasteiger partial charge in [0.25, 0.3) is 10.0 Å². The van der Waals surface area contributed by atoms with E-state index in [-0.39, 0.29) is 11.5 Å². The van der Waals surface area contributed by atoms with Gasteiger partial charge in [-0.05, 0) is 31.5 Å². The van der Waals surface area contributed by atoms with E-state index in [1.54, 1.807) is 43.3 Å². The molecule has 0 radical (unpaired) electrons. The highest BCUT2D eigenvalue weighted by Gasteiger charge is 2.38. The predicted octanol–water partition coefficient (Wildman–Crippen LogP) is 3.19. The van der Waals surface area contributed by atoms with E-state index in [4.69, 9.17) is 4.74 Å². The number of hydrogen-bond donors (Lipinski definition) is 0. The van der Waals surface area contributed by atoms with Crippen LogP contribution in [0.25, 0.3) is 0 Å². The van der Waals surface area contributed by atoms with Crippen molar-refractivity contribution >= 4 is 21.0 Å². The number of nitrogens with zero attached hydrogens (tertiary/aromatic N) is 1. The lowest BCUT2D eigenvalue weighted by molar-refractivity contribution is 0.126. The second-order valence-corrected chi connectivity index (χ2v) is 10.1. The van der Waals surface area contributed by atoms with Gasteiger partial charge in [0.15, 0.2) is 0 Å². The Hall–Kier alpha value is -1.80. The van der Waals surface area contributed by atoms with Gasteiger partial charge in [-0.15, -0.1) is 3.71 Å². The van der Waals surface area contributed by atoms with Gasteiger partial charge in [-0.2, -0.15) is 0 Å². The SMILES string of the molecule is Cc1ccc(S(=O)(=O)N2[C@H](C)C=C[C@H](COCc3ccccc3)[S@@]2=O)cc1. The minimum absolute atomic E-state index is 0.146. The van der Waals surface area contributed by atoms with Gasteiger partial charge in [-0.1, -0.05) is 60.2 Å². The van der Waals surface area contributed by atoms with Crippen LogP contribution in [0.4, 0.5) is 0 Å². The molecule has 0 bridgehead atoms. The summed E-state index contributed by atoms with van der Waals surface area (Å²) in [5, 5.41) is -0.509. The highest BCUT2D eigenvalue weighted by atomic mass is 32.3. The summed E-state index contributed by atoms with van der Waals surface area (Å²) >= 11 is 0. The summed E-state index contributed by atoms with van der Waals surface area (Å²) in [5.74, 6) is 0. The van der Waals surface area contributed by atoms with E-state index >= 15 is 0 Å². The summed E-state index contributed by atoms with van der Waals surface area (Å²) in [6.07, 6.45) is 3.55. The van der Waals surface area contributed by atoms with Crippen molar-refractivity contribution in [3.05, 3.63) is 77.9 Å². The zero-order valence-electron chi connectivity index (χ0n) is 15.3. The van der Waals surface area contributed by atoms with E-state index in [9.17, 15) is 12.6 Å². The Bertz CT molecular complexity index is 924. The molecule has 0 fully saturated rings. The molecule has 2 aromatic rings. The number of rotatable bonds is 6. The standard InChI is InChI=1S/C20H23NO4S2/c1-16-8-12-20(13-9-16)27(23,24)21-17(2)10-11-19(26(21)22)15-25-14-18-6-4-3-5-7-18/h3-13,17,19H,14-15H2,1-2H3/t17-,19-,26+/m1/s1. The van der Waals surface area contributed by atoms with E-state index < -0.39 is 32.3 Å². The number of aryl methyl sites for hydroxylation is 1. The second-order valence-electron chi connectivity index (χ2n) is 6.51. The third-order valence-electron chi connectivity index (χ3n) is 4.32. The van der Waals surface area contributed by atoms with Crippen LogP contribution in [-0.2, 0) is 32.4 Å². The summed E-state index contributed by atoms with van der Waals surface area (Å²) in [6.45, 7) is 4.19. The molecule has 1 heterocycles. The van der Waals surface area contributed by atoms with Crippen molar-refractivity contribution in [1.29, 1.82) is 0 Å².